The van der Waals surface area contributed by atoms with Crippen molar-refractivity contribution in [1.82, 2.24) is 5.16 Å². The van der Waals surface area contributed by atoms with Crippen LogP contribution in [0.15, 0.2) is 47.0 Å². The van der Waals surface area contributed by atoms with E-state index in [1.807, 2.05) is 0 Å². The number of benzene rings is 2. The molecule has 0 radical (unpaired) electrons. The topological polar surface area (TPSA) is 90.7 Å². The Morgan fingerprint density at radius 2 is 1.91 bits per heavy atom. The van der Waals surface area contributed by atoms with Crippen molar-refractivity contribution in [2.24, 2.45) is 0 Å². The van der Waals surface area contributed by atoms with Gasteiger partial charge in [-0.25, -0.2) is 8.42 Å². The molecule has 0 saturated heterocycles. The number of anilines is 1. The van der Waals surface area contributed by atoms with E-state index in [-0.39, 0.29) is 12.5 Å². The summed E-state index contributed by atoms with van der Waals surface area (Å²) in [6.45, 7) is 0.135. The minimum atomic E-state index is -3.64. The van der Waals surface area contributed by atoms with Gasteiger partial charge in [0, 0.05) is 11.5 Å². The van der Waals surface area contributed by atoms with Crippen LogP contribution >= 0.6 is 0 Å². The standard InChI is InChI=1S/C15H12N2O5S/c18-23(19,8-12-11-3-1-2-4-13(11)22-16-12)17-10-5-6-14-15(7-10)21-9-20-14/h1-7,17H,8-9H2. The van der Waals surface area contributed by atoms with Crippen LogP contribution in [-0.4, -0.2) is 20.4 Å². The number of aromatic nitrogens is 1. The number of nitrogens with zero attached hydrogens (tertiary/aromatic N) is 1. The van der Waals surface area contributed by atoms with Gasteiger partial charge < -0.3 is 14.0 Å². The smallest absolute Gasteiger partial charge is 0.238 e. The van der Waals surface area contributed by atoms with Gasteiger partial charge in [0.05, 0.1) is 5.69 Å². The molecule has 0 fully saturated rings. The fourth-order valence-corrected chi connectivity index (χ4v) is 3.52. The maximum Gasteiger partial charge on any atom is 0.238 e. The Balaban J connectivity index is 1.58. The molecule has 0 bridgehead atoms. The Hall–Kier alpha value is -2.74. The Kier molecular flexibility index (Phi) is 3.12. The molecule has 0 amide bonds. The second-order valence-corrected chi connectivity index (χ2v) is 6.78. The fourth-order valence-electron chi connectivity index (χ4n) is 2.40. The number of nitrogens with one attached hydrogen (secondary N) is 1. The lowest BCUT2D eigenvalue weighted by Crippen LogP contribution is -2.15. The molecule has 23 heavy (non-hydrogen) atoms. The molecule has 0 unspecified atom stereocenters. The molecule has 0 saturated carbocycles. The molecule has 118 valence electrons. The Labute approximate surface area is 131 Å². The molecule has 4 rings (SSSR count). The first-order chi connectivity index (χ1) is 11.1. The van der Waals surface area contributed by atoms with Gasteiger partial charge in [0.2, 0.25) is 16.8 Å². The van der Waals surface area contributed by atoms with E-state index in [2.05, 4.69) is 9.88 Å². The molecule has 3 aromatic rings. The first-order valence-corrected chi connectivity index (χ1v) is 8.49. The highest BCUT2D eigenvalue weighted by Crippen LogP contribution is 2.34. The van der Waals surface area contributed by atoms with Crippen molar-refractivity contribution >= 4 is 26.7 Å². The summed E-state index contributed by atoms with van der Waals surface area (Å²) in [6.07, 6.45) is 0. The third kappa shape index (κ3) is 2.68. The van der Waals surface area contributed by atoms with Gasteiger partial charge in [0.1, 0.15) is 11.4 Å². The molecule has 2 aromatic carbocycles. The molecule has 1 N–H and O–H groups in total. The predicted octanol–water partition coefficient (Wildman–Crippen LogP) is 2.50. The molecule has 0 aliphatic carbocycles. The quantitative estimate of drug-likeness (QED) is 0.789. The van der Waals surface area contributed by atoms with E-state index in [1.165, 1.54) is 0 Å². The zero-order chi connectivity index (χ0) is 15.9. The molecule has 1 aromatic heterocycles. The average Bonchev–Trinajstić information content (AvgIpc) is 3.13. The number of ether oxygens (including phenoxy) is 2. The van der Waals surface area contributed by atoms with E-state index in [1.54, 1.807) is 42.5 Å². The molecular formula is C15H12N2O5S. The summed E-state index contributed by atoms with van der Waals surface area (Å²) in [7, 11) is -3.64. The predicted molar refractivity (Wildman–Crippen MR) is 82.8 cm³/mol. The molecule has 1 aliphatic heterocycles. The van der Waals surface area contributed by atoms with E-state index in [0.29, 0.717) is 33.8 Å². The van der Waals surface area contributed by atoms with Crippen molar-refractivity contribution in [1.29, 1.82) is 0 Å². The van der Waals surface area contributed by atoms with Crippen LogP contribution < -0.4 is 14.2 Å². The molecule has 7 nitrogen and oxygen atoms in total. The van der Waals surface area contributed by atoms with Crippen LogP contribution in [0.25, 0.3) is 11.0 Å². The van der Waals surface area contributed by atoms with Gasteiger partial charge in [-0.1, -0.05) is 17.3 Å². The van der Waals surface area contributed by atoms with Gasteiger partial charge in [-0.05, 0) is 24.3 Å². The minimum Gasteiger partial charge on any atom is -0.454 e. The van der Waals surface area contributed by atoms with Gasteiger partial charge in [0.25, 0.3) is 0 Å². The number of hydrogen-bond donors (Lipinski definition) is 1. The monoisotopic (exact) mass is 332 g/mol. The van der Waals surface area contributed by atoms with Gasteiger partial charge in [-0.15, -0.1) is 0 Å². The highest BCUT2D eigenvalue weighted by atomic mass is 32.2. The molecule has 1 aliphatic rings. The van der Waals surface area contributed by atoms with E-state index in [4.69, 9.17) is 14.0 Å². The van der Waals surface area contributed by atoms with Crippen molar-refractivity contribution in [3.8, 4) is 11.5 Å². The highest BCUT2D eigenvalue weighted by Gasteiger charge is 2.19. The van der Waals surface area contributed by atoms with Crippen LogP contribution in [0.5, 0.6) is 11.5 Å². The first kappa shape index (κ1) is 13.9. The number of sulfonamides is 1. The van der Waals surface area contributed by atoms with Crippen LogP contribution in [0.3, 0.4) is 0 Å². The van der Waals surface area contributed by atoms with Crippen molar-refractivity contribution < 1.29 is 22.4 Å². The normalized spacial score (nSPS) is 13.4. The summed E-state index contributed by atoms with van der Waals surface area (Å²) in [5, 5.41) is 4.52. The second-order valence-electron chi connectivity index (χ2n) is 5.05. The summed E-state index contributed by atoms with van der Waals surface area (Å²) >= 11 is 0. The van der Waals surface area contributed by atoms with Crippen molar-refractivity contribution in [3.05, 3.63) is 48.2 Å². The maximum absolute atomic E-state index is 12.3. The van der Waals surface area contributed by atoms with Crippen LogP contribution in [0.2, 0.25) is 0 Å². The van der Waals surface area contributed by atoms with E-state index >= 15 is 0 Å². The maximum atomic E-state index is 12.3. The second kappa shape index (κ2) is 5.17. The van der Waals surface area contributed by atoms with Crippen LogP contribution in [0.4, 0.5) is 5.69 Å². The van der Waals surface area contributed by atoms with E-state index in [9.17, 15) is 8.42 Å². The highest BCUT2D eigenvalue weighted by molar-refractivity contribution is 7.91. The van der Waals surface area contributed by atoms with Crippen LogP contribution in [0, 0.1) is 0 Å². The number of fused-ring (bicyclic) bond motifs is 2. The van der Waals surface area contributed by atoms with Crippen molar-refractivity contribution in [2.45, 2.75) is 5.75 Å². The lowest BCUT2D eigenvalue weighted by Gasteiger charge is -2.07. The third-order valence-corrected chi connectivity index (χ3v) is 4.62. The Morgan fingerprint density at radius 1 is 1.09 bits per heavy atom. The summed E-state index contributed by atoms with van der Waals surface area (Å²) in [5.41, 5.74) is 1.33. The summed E-state index contributed by atoms with van der Waals surface area (Å²) < 4.78 is 42.8. The van der Waals surface area contributed by atoms with Gasteiger partial charge in [-0.2, -0.15) is 0 Å². The fraction of sp³-hybridized carbons (Fsp3) is 0.133. The molecular weight excluding hydrogens is 320 g/mol. The van der Waals surface area contributed by atoms with Crippen molar-refractivity contribution in [2.75, 3.05) is 11.5 Å². The lowest BCUT2D eigenvalue weighted by atomic mass is 10.2. The SMILES string of the molecule is O=S(=O)(Cc1noc2ccccc12)Nc1ccc2c(c1)OCO2. The van der Waals surface area contributed by atoms with E-state index in [0.717, 1.165) is 0 Å². The summed E-state index contributed by atoms with van der Waals surface area (Å²) in [6, 6.07) is 12.0. The van der Waals surface area contributed by atoms with E-state index < -0.39 is 10.0 Å². The van der Waals surface area contributed by atoms with Crippen molar-refractivity contribution in [3.63, 3.8) is 0 Å². The minimum absolute atomic E-state index is 0.135. The Bertz CT molecular complexity index is 980. The zero-order valence-electron chi connectivity index (χ0n) is 11.9. The number of rotatable bonds is 4. The summed E-state index contributed by atoms with van der Waals surface area (Å²) in [4.78, 5) is 0. The number of hydrogen-bond acceptors (Lipinski definition) is 6. The third-order valence-electron chi connectivity index (χ3n) is 3.42. The summed E-state index contributed by atoms with van der Waals surface area (Å²) in [5.74, 6) is 0.825. The largest absolute Gasteiger partial charge is 0.454 e. The van der Waals surface area contributed by atoms with Crippen LogP contribution in [-0.2, 0) is 15.8 Å². The molecule has 8 heteroatoms. The molecule has 0 atom stereocenters. The molecule has 2 heterocycles. The zero-order valence-corrected chi connectivity index (χ0v) is 12.7. The van der Waals surface area contributed by atoms with Gasteiger partial charge in [0.15, 0.2) is 17.1 Å². The Morgan fingerprint density at radius 3 is 2.83 bits per heavy atom. The molecule has 0 spiro atoms. The van der Waals surface area contributed by atoms with Crippen LogP contribution in [0.1, 0.15) is 5.69 Å². The lowest BCUT2D eigenvalue weighted by molar-refractivity contribution is 0.174. The van der Waals surface area contributed by atoms with Gasteiger partial charge >= 0.3 is 0 Å². The first-order valence-electron chi connectivity index (χ1n) is 6.84. The van der Waals surface area contributed by atoms with Gasteiger partial charge in [-0.3, -0.25) is 4.72 Å². The average molecular weight is 332 g/mol. The number of para-hydroxylation sites is 1.